The molecule has 7 heteroatoms. The van der Waals surface area contributed by atoms with Crippen molar-refractivity contribution in [2.75, 3.05) is 0 Å². The van der Waals surface area contributed by atoms with Crippen molar-refractivity contribution in [2.45, 2.75) is 31.0 Å². The third kappa shape index (κ3) is 3.52. The molecule has 0 aliphatic rings. The number of aryl methyl sites for hydroxylation is 1. The van der Waals surface area contributed by atoms with Gasteiger partial charge >= 0.3 is 5.97 Å². The van der Waals surface area contributed by atoms with Gasteiger partial charge in [-0.3, -0.25) is 4.79 Å². The molecule has 17 heavy (non-hydrogen) atoms. The van der Waals surface area contributed by atoms with E-state index in [1.165, 1.54) is 6.07 Å². The molecular weight excluding hydrogens is 262 g/mol. The molecule has 0 aliphatic carbocycles. The second-order valence-electron chi connectivity index (χ2n) is 4.12. The Morgan fingerprint density at radius 2 is 2.06 bits per heavy atom. The first-order chi connectivity index (χ1) is 7.74. The normalized spacial score (nSPS) is 13.9. The summed E-state index contributed by atoms with van der Waals surface area (Å²) in [5.41, 5.74) is 0.840. The number of nitrogens with one attached hydrogen (secondary N) is 1. The maximum Gasteiger partial charge on any atom is 0.322 e. The minimum absolute atomic E-state index is 0.141. The van der Waals surface area contributed by atoms with Crippen LogP contribution < -0.4 is 4.72 Å². The van der Waals surface area contributed by atoms with Crippen LogP contribution in [0.4, 0.5) is 0 Å². The molecule has 5 nitrogen and oxygen atoms in total. The first-order valence-electron chi connectivity index (χ1n) is 5.04. The largest absolute Gasteiger partial charge is 0.480 e. The zero-order valence-electron chi connectivity index (χ0n) is 9.80. The van der Waals surface area contributed by atoms with Crippen molar-refractivity contribution in [1.29, 1.82) is 0 Å². The van der Waals surface area contributed by atoms with Crippen LogP contribution in [0.15, 0.2) is 15.7 Å². The van der Waals surface area contributed by atoms with Gasteiger partial charge < -0.3 is 5.11 Å². The molecule has 0 aliphatic heterocycles. The first kappa shape index (κ1) is 14.1. The Bertz CT molecular complexity index is 504. The van der Waals surface area contributed by atoms with Crippen LogP contribution >= 0.6 is 11.3 Å². The van der Waals surface area contributed by atoms with Crippen molar-refractivity contribution in [3.63, 3.8) is 0 Å². The predicted molar refractivity (Wildman–Crippen MR) is 65.6 cm³/mol. The van der Waals surface area contributed by atoms with Gasteiger partial charge in [0.1, 0.15) is 10.3 Å². The maximum absolute atomic E-state index is 11.9. The first-order valence-corrected chi connectivity index (χ1v) is 7.40. The lowest BCUT2D eigenvalue weighted by Gasteiger charge is -2.17. The summed E-state index contributed by atoms with van der Waals surface area (Å²) in [5, 5.41) is 10.6. The van der Waals surface area contributed by atoms with Crippen LogP contribution in [-0.4, -0.2) is 25.5 Å². The quantitative estimate of drug-likeness (QED) is 0.853. The van der Waals surface area contributed by atoms with Crippen molar-refractivity contribution in [3.8, 4) is 0 Å². The van der Waals surface area contributed by atoms with Crippen LogP contribution in [0.5, 0.6) is 0 Å². The summed E-state index contributed by atoms with van der Waals surface area (Å²) >= 11 is 1.08. The molecule has 1 atom stereocenters. The lowest BCUT2D eigenvalue weighted by molar-refractivity contribution is -0.140. The average Bonchev–Trinajstić information content (AvgIpc) is 2.61. The Morgan fingerprint density at radius 1 is 1.47 bits per heavy atom. The van der Waals surface area contributed by atoms with Crippen LogP contribution in [0.3, 0.4) is 0 Å². The number of sulfonamides is 1. The number of hydrogen-bond acceptors (Lipinski definition) is 4. The predicted octanol–water partition coefficient (Wildman–Crippen LogP) is 1.44. The summed E-state index contributed by atoms with van der Waals surface area (Å²) < 4.78 is 26.1. The summed E-state index contributed by atoms with van der Waals surface area (Å²) in [4.78, 5) is 10.9. The van der Waals surface area contributed by atoms with Crippen molar-refractivity contribution >= 4 is 27.3 Å². The van der Waals surface area contributed by atoms with Gasteiger partial charge in [-0.05, 0) is 29.9 Å². The van der Waals surface area contributed by atoms with E-state index in [0.29, 0.717) is 0 Å². The minimum Gasteiger partial charge on any atom is -0.480 e. The Hall–Kier alpha value is -0.920. The number of carboxylic acid groups (broad SMARTS) is 1. The standard InChI is InChI=1S/C10H15NO4S2/c1-6(2)9(10(12)13)11-17(14,15)8-4-7(3)5-16-8/h4-6,9,11H,1-3H3,(H,12,13). The van der Waals surface area contributed by atoms with Crippen LogP contribution in [0.2, 0.25) is 0 Å². The van der Waals surface area contributed by atoms with Gasteiger partial charge in [0, 0.05) is 0 Å². The van der Waals surface area contributed by atoms with E-state index in [4.69, 9.17) is 5.11 Å². The van der Waals surface area contributed by atoms with Gasteiger partial charge in [-0.15, -0.1) is 11.3 Å². The molecule has 0 radical (unpaired) electrons. The zero-order valence-corrected chi connectivity index (χ0v) is 11.4. The number of aliphatic carboxylic acids is 1. The zero-order chi connectivity index (χ0) is 13.2. The molecule has 2 N–H and O–H groups in total. The van der Waals surface area contributed by atoms with Crippen LogP contribution in [-0.2, 0) is 14.8 Å². The van der Waals surface area contributed by atoms with E-state index in [1.807, 2.05) is 0 Å². The van der Waals surface area contributed by atoms with Gasteiger partial charge in [-0.2, -0.15) is 4.72 Å². The average molecular weight is 277 g/mol. The highest BCUT2D eigenvalue weighted by Gasteiger charge is 2.28. The monoisotopic (exact) mass is 277 g/mol. The smallest absolute Gasteiger partial charge is 0.322 e. The Labute approximate surface area is 105 Å². The Kier molecular flexibility index (Phi) is 4.29. The summed E-state index contributed by atoms with van der Waals surface area (Å²) in [6.07, 6.45) is 0. The highest BCUT2D eigenvalue weighted by Crippen LogP contribution is 2.20. The lowest BCUT2D eigenvalue weighted by Crippen LogP contribution is -2.43. The Morgan fingerprint density at radius 3 is 2.41 bits per heavy atom. The fourth-order valence-electron chi connectivity index (χ4n) is 1.24. The molecule has 96 valence electrons. The van der Waals surface area contributed by atoms with Gasteiger partial charge in [-0.1, -0.05) is 13.8 Å². The van der Waals surface area contributed by atoms with Crippen molar-refractivity contribution < 1.29 is 18.3 Å². The number of thiophene rings is 1. The maximum atomic E-state index is 11.9. The third-order valence-corrected chi connectivity index (χ3v) is 5.18. The van der Waals surface area contributed by atoms with E-state index in [0.717, 1.165) is 16.9 Å². The molecule has 0 spiro atoms. The lowest BCUT2D eigenvalue weighted by atomic mass is 10.1. The number of carboxylic acids is 1. The second-order valence-corrected chi connectivity index (χ2v) is 6.98. The molecule has 1 aromatic rings. The fraction of sp³-hybridized carbons (Fsp3) is 0.500. The highest BCUT2D eigenvalue weighted by molar-refractivity contribution is 7.91. The van der Waals surface area contributed by atoms with Crippen molar-refractivity contribution in [1.82, 2.24) is 4.72 Å². The van der Waals surface area contributed by atoms with Gasteiger partial charge in [-0.25, -0.2) is 8.42 Å². The van der Waals surface area contributed by atoms with Gasteiger partial charge in [0.05, 0.1) is 0 Å². The molecule has 1 unspecified atom stereocenters. The molecule has 0 aromatic carbocycles. The van der Waals surface area contributed by atoms with Gasteiger partial charge in [0.2, 0.25) is 0 Å². The molecule has 1 aromatic heterocycles. The van der Waals surface area contributed by atoms with E-state index in [1.54, 1.807) is 26.2 Å². The number of rotatable bonds is 5. The molecule has 0 fully saturated rings. The van der Waals surface area contributed by atoms with Gasteiger partial charge in [0.15, 0.2) is 0 Å². The van der Waals surface area contributed by atoms with Crippen LogP contribution in [0.25, 0.3) is 0 Å². The molecular formula is C10H15NO4S2. The third-order valence-electron chi connectivity index (χ3n) is 2.19. The van der Waals surface area contributed by atoms with Gasteiger partial charge in [0.25, 0.3) is 10.0 Å². The molecule has 1 heterocycles. The molecule has 0 saturated carbocycles. The van der Waals surface area contributed by atoms with Crippen LogP contribution in [0, 0.1) is 12.8 Å². The number of hydrogen-bond donors (Lipinski definition) is 2. The summed E-state index contributed by atoms with van der Waals surface area (Å²) in [5.74, 6) is -1.49. The summed E-state index contributed by atoms with van der Waals surface area (Å²) in [7, 11) is -3.74. The molecule has 1 rings (SSSR count). The van der Waals surface area contributed by atoms with E-state index in [2.05, 4.69) is 4.72 Å². The van der Waals surface area contributed by atoms with Crippen molar-refractivity contribution in [3.05, 3.63) is 17.0 Å². The minimum atomic E-state index is -3.74. The highest BCUT2D eigenvalue weighted by atomic mass is 32.2. The molecule has 0 amide bonds. The Balaban J connectivity index is 2.97. The topological polar surface area (TPSA) is 83.5 Å². The molecule has 0 bridgehead atoms. The van der Waals surface area contributed by atoms with Crippen molar-refractivity contribution in [2.24, 2.45) is 5.92 Å². The molecule has 0 saturated heterocycles. The van der Waals surface area contributed by atoms with E-state index in [-0.39, 0.29) is 10.1 Å². The fourth-order valence-corrected chi connectivity index (χ4v) is 3.83. The summed E-state index contributed by atoms with van der Waals surface area (Å²) in [6, 6.07) is 0.411. The SMILES string of the molecule is Cc1csc(S(=O)(=O)NC(C(=O)O)C(C)C)c1. The number of carbonyl (C=O) groups is 1. The van der Waals surface area contributed by atoms with E-state index in [9.17, 15) is 13.2 Å². The summed E-state index contributed by atoms with van der Waals surface area (Å²) in [6.45, 7) is 5.09. The van der Waals surface area contributed by atoms with E-state index < -0.39 is 22.0 Å². The second kappa shape index (κ2) is 5.16. The van der Waals surface area contributed by atoms with Crippen LogP contribution in [0.1, 0.15) is 19.4 Å². The van der Waals surface area contributed by atoms with E-state index >= 15 is 0 Å².